The van der Waals surface area contributed by atoms with Gasteiger partial charge in [-0.3, -0.25) is 4.90 Å². The highest BCUT2D eigenvalue weighted by Crippen LogP contribution is 2.23. The van der Waals surface area contributed by atoms with Crippen LogP contribution in [-0.4, -0.2) is 51.9 Å². The van der Waals surface area contributed by atoms with E-state index in [2.05, 4.69) is 22.3 Å². The third-order valence-electron chi connectivity index (χ3n) is 4.21. The summed E-state index contributed by atoms with van der Waals surface area (Å²) in [7, 11) is 3.49. The van der Waals surface area contributed by atoms with Crippen molar-refractivity contribution in [1.29, 1.82) is 0 Å². The van der Waals surface area contributed by atoms with Crippen molar-refractivity contribution in [3.63, 3.8) is 0 Å². The standard InChI is InChI=1S/C17H28N2O2/c1-20-12-9-18-13-15-7-10-19(11-8-15)14-16-5-3-4-6-17(16)21-2/h3-6,15,18H,7-14H2,1-2H3. The van der Waals surface area contributed by atoms with E-state index in [1.165, 1.54) is 31.5 Å². The van der Waals surface area contributed by atoms with Crippen LogP contribution >= 0.6 is 0 Å². The van der Waals surface area contributed by atoms with Crippen molar-refractivity contribution >= 4 is 0 Å². The molecule has 1 fully saturated rings. The molecule has 1 aliphatic rings. The fourth-order valence-electron chi connectivity index (χ4n) is 2.90. The predicted molar refractivity (Wildman–Crippen MR) is 85.7 cm³/mol. The first-order valence-corrected chi connectivity index (χ1v) is 7.87. The van der Waals surface area contributed by atoms with E-state index in [9.17, 15) is 0 Å². The van der Waals surface area contributed by atoms with Crippen LogP contribution in [0.4, 0.5) is 0 Å². The van der Waals surface area contributed by atoms with Gasteiger partial charge in [-0.1, -0.05) is 18.2 Å². The summed E-state index contributed by atoms with van der Waals surface area (Å²) >= 11 is 0. The summed E-state index contributed by atoms with van der Waals surface area (Å²) in [5.41, 5.74) is 1.29. The van der Waals surface area contributed by atoms with Crippen LogP contribution in [-0.2, 0) is 11.3 Å². The first-order chi connectivity index (χ1) is 10.3. The Morgan fingerprint density at radius 3 is 2.67 bits per heavy atom. The van der Waals surface area contributed by atoms with Gasteiger partial charge in [0.05, 0.1) is 13.7 Å². The van der Waals surface area contributed by atoms with Gasteiger partial charge in [-0.2, -0.15) is 0 Å². The predicted octanol–water partition coefficient (Wildman–Crippen LogP) is 2.14. The molecule has 118 valence electrons. The molecule has 1 aromatic carbocycles. The van der Waals surface area contributed by atoms with Gasteiger partial charge in [-0.05, 0) is 44.5 Å². The van der Waals surface area contributed by atoms with E-state index in [-0.39, 0.29) is 0 Å². The Bertz CT molecular complexity index is 404. The molecule has 0 spiro atoms. The fraction of sp³-hybridized carbons (Fsp3) is 0.647. The second-order valence-electron chi connectivity index (χ2n) is 5.73. The Morgan fingerprint density at radius 2 is 1.95 bits per heavy atom. The number of nitrogens with zero attached hydrogens (tertiary/aromatic N) is 1. The molecule has 4 heteroatoms. The van der Waals surface area contributed by atoms with Crippen molar-refractivity contribution in [1.82, 2.24) is 10.2 Å². The molecule has 4 nitrogen and oxygen atoms in total. The monoisotopic (exact) mass is 292 g/mol. The summed E-state index contributed by atoms with van der Waals surface area (Å²) in [5.74, 6) is 1.80. The summed E-state index contributed by atoms with van der Waals surface area (Å²) in [6.07, 6.45) is 2.55. The lowest BCUT2D eigenvalue weighted by Gasteiger charge is -2.32. The average Bonchev–Trinajstić information content (AvgIpc) is 2.54. The van der Waals surface area contributed by atoms with E-state index in [1.54, 1.807) is 14.2 Å². The van der Waals surface area contributed by atoms with Gasteiger partial charge in [0.25, 0.3) is 0 Å². The minimum Gasteiger partial charge on any atom is -0.496 e. The van der Waals surface area contributed by atoms with Crippen molar-refractivity contribution in [2.24, 2.45) is 5.92 Å². The number of benzene rings is 1. The van der Waals surface area contributed by atoms with E-state index < -0.39 is 0 Å². The summed E-state index contributed by atoms with van der Waals surface area (Å²) in [4.78, 5) is 2.53. The molecule has 2 rings (SSSR count). The molecule has 1 heterocycles. The van der Waals surface area contributed by atoms with Crippen LogP contribution in [0.2, 0.25) is 0 Å². The Labute approximate surface area is 128 Å². The number of rotatable bonds is 8. The van der Waals surface area contributed by atoms with Gasteiger partial charge in [-0.25, -0.2) is 0 Å². The molecule has 1 aliphatic heterocycles. The number of nitrogens with one attached hydrogen (secondary N) is 1. The van der Waals surface area contributed by atoms with Crippen LogP contribution in [0.15, 0.2) is 24.3 Å². The Kier molecular flexibility index (Phi) is 7.00. The van der Waals surface area contributed by atoms with Crippen LogP contribution in [0.3, 0.4) is 0 Å². The van der Waals surface area contributed by atoms with Crippen LogP contribution < -0.4 is 10.1 Å². The van der Waals surface area contributed by atoms with Crippen molar-refractivity contribution in [3.8, 4) is 5.75 Å². The maximum atomic E-state index is 5.44. The van der Waals surface area contributed by atoms with E-state index >= 15 is 0 Å². The van der Waals surface area contributed by atoms with Crippen molar-refractivity contribution < 1.29 is 9.47 Å². The van der Waals surface area contributed by atoms with Gasteiger partial charge in [-0.15, -0.1) is 0 Å². The van der Waals surface area contributed by atoms with Crippen molar-refractivity contribution in [2.75, 3.05) is 47.0 Å². The smallest absolute Gasteiger partial charge is 0.123 e. The molecule has 21 heavy (non-hydrogen) atoms. The zero-order valence-corrected chi connectivity index (χ0v) is 13.3. The van der Waals surface area contributed by atoms with E-state index in [1.807, 2.05) is 12.1 Å². The number of hydrogen-bond acceptors (Lipinski definition) is 4. The number of methoxy groups -OCH3 is 2. The SMILES string of the molecule is COCCNCC1CCN(Cc2ccccc2OC)CC1. The quantitative estimate of drug-likeness (QED) is 0.744. The number of para-hydroxylation sites is 1. The molecule has 0 amide bonds. The maximum absolute atomic E-state index is 5.44. The molecule has 0 unspecified atom stereocenters. The highest BCUT2D eigenvalue weighted by Gasteiger charge is 2.19. The maximum Gasteiger partial charge on any atom is 0.123 e. The Hall–Kier alpha value is -1.10. The van der Waals surface area contributed by atoms with Crippen LogP contribution in [0.1, 0.15) is 18.4 Å². The highest BCUT2D eigenvalue weighted by atomic mass is 16.5. The molecule has 1 saturated heterocycles. The largest absolute Gasteiger partial charge is 0.496 e. The average molecular weight is 292 g/mol. The first-order valence-electron chi connectivity index (χ1n) is 7.87. The zero-order valence-electron chi connectivity index (χ0n) is 13.3. The molecular formula is C17H28N2O2. The van der Waals surface area contributed by atoms with Crippen LogP contribution in [0, 0.1) is 5.92 Å². The summed E-state index contributed by atoms with van der Waals surface area (Å²) in [6, 6.07) is 8.32. The molecule has 0 radical (unpaired) electrons. The van der Waals surface area contributed by atoms with Gasteiger partial charge in [0, 0.05) is 25.8 Å². The number of ether oxygens (including phenoxy) is 2. The fourth-order valence-corrected chi connectivity index (χ4v) is 2.90. The lowest BCUT2D eigenvalue weighted by Crippen LogP contribution is -2.37. The molecule has 1 N–H and O–H groups in total. The van der Waals surface area contributed by atoms with Crippen molar-refractivity contribution in [2.45, 2.75) is 19.4 Å². The molecule has 0 atom stereocenters. The molecule has 1 aromatic rings. The van der Waals surface area contributed by atoms with Gasteiger partial charge in [0.2, 0.25) is 0 Å². The summed E-state index contributed by atoms with van der Waals surface area (Å²) < 4.78 is 10.5. The highest BCUT2D eigenvalue weighted by molar-refractivity contribution is 5.33. The minimum absolute atomic E-state index is 0.798. The zero-order chi connectivity index (χ0) is 14.9. The molecule has 0 bridgehead atoms. The minimum atomic E-state index is 0.798. The van der Waals surface area contributed by atoms with Crippen LogP contribution in [0.5, 0.6) is 5.75 Å². The van der Waals surface area contributed by atoms with Gasteiger partial charge < -0.3 is 14.8 Å². The molecule has 0 aromatic heterocycles. The lowest BCUT2D eigenvalue weighted by atomic mass is 9.96. The van der Waals surface area contributed by atoms with Gasteiger partial charge in [0.1, 0.15) is 5.75 Å². The third-order valence-corrected chi connectivity index (χ3v) is 4.21. The number of likely N-dealkylation sites (tertiary alicyclic amines) is 1. The molecule has 0 saturated carbocycles. The van der Waals surface area contributed by atoms with Gasteiger partial charge >= 0.3 is 0 Å². The van der Waals surface area contributed by atoms with Gasteiger partial charge in [0.15, 0.2) is 0 Å². The Morgan fingerprint density at radius 1 is 1.19 bits per heavy atom. The summed E-state index contributed by atoms with van der Waals surface area (Å²) in [5, 5.41) is 3.48. The number of hydrogen-bond donors (Lipinski definition) is 1. The van der Waals surface area contributed by atoms with Crippen LogP contribution in [0.25, 0.3) is 0 Å². The summed E-state index contributed by atoms with van der Waals surface area (Å²) in [6.45, 7) is 6.22. The second-order valence-corrected chi connectivity index (χ2v) is 5.73. The second kappa shape index (κ2) is 9.03. The lowest BCUT2D eigenvalue weighted by molar-refractivity contribution is 0.167. The topological polar surface area (TPSA) is 33.7 Å². The van der Waals surface area contributed by atoms with E-state index in [0.29, 0.717) is 0 Å². The van der Waals surface area contributed by atoms with Crippen molar-refractivity contribution in [3.05, 3.63) is 29.8 Å². The van der Waals surface area contributed by atoms with E-state index in [4.69, 9.17) is 9.47 Å². The molecular weight excluding hydrogens is 264 g/mol. The van der Waals surface area contributed by atoms with E-state index in [0.717, 1.165) is 37.9 Å². The Balaban J connectivity index is 1.71. The number of piperidine rings is 1. The molecule has 0 aliphatic carbocycles. The normalized spacial score (nSPS) is 17.0. The first kappa shape index (κ1) is 16.3. The third kappa shape index (κ3) is 5.30.